The summed E-state index contributed by atoms with van der Waals surface area (Å²) in [5.74, 6) is 0. The number of carbonyl (C=O) groups is 1. The van der Waals surface area contributed by atoms with Crippen LogP contribution in [0.15, 0.2) is 0 Å². The number of hydrogen-bond donors (Lipinski definition) is 2. The molecular weight excluding hydrogens is 488 g/mol. The van der Waals surface area contributed by atoms with Crippen LogP contribution in [0.4, 0.5) is 0 Å². The quantitative estimate of drug-likeness (QED) is 0.109. The van der Waals surface area contributed by atoms with E-state index in [-0.39, 0.29) is 217 Å². The van der Waals surface area contributed by atoms with Gasteiger partial charge in [-0.2, -0.15) is 9.59 Å². The molecule has 16 nitrogen and oxygen atoms in total. The van der Waals surface area contributed by atoms with Crippen LogP contribution < -0.4 is 5.26 Å². The number of rotatable bonds is 1. The van der Waals surface area contributed by atoms with Gasteiger partial charge >= 0.3 is 157 Å². The normalized spacial score (nSPS) is 2.04. The zero-order valence-corrected chi connectivity index (χ0v) is 20.9. The fourth-order valence-electron chi connectivity index (χ4n) is 0. The SMILES string of the molecule is C.C.O.O.O.O.O.O=C=O.O=CO[O-].O=[C-]O.O=[C-]O.[Ca+2].[Ca+2].[Ca+2].[Ca+2].[OH-].[OH-]. The molecule has 14 N–H and O–H groups in total. The van der Waals surface area contributed by atoms with Gasteiger partial charge in [0.2, 0.25) is 0 Å². The van der Waals surface area contributed by atoms with Crippen LogP contribution >= 0.6 is 0 Å². The molecule has 0 unspecified atom stereocenters. The predicted octanol–water partition coefficient (Wildman–Crippen LogP) is -7.65. The van der Waals surface area contributed by atoms with Crippen molar-refractivity contribution in [3.63, 3.8) is 0 Å². The van der Waals surface area contributed by atoms with Crippen LogP contribution in [0.2, 0.25) is 0 Å². The monoisotopic (exact) mass is 511 g/mol. The van der Waals surface area contributed by atoms with E-state index in [0.29, 0.717) is 12.9 Å². The first-order valence-corrected chi connectivity index (χ1v) is 1.90. The van der Waals surface area contributed by atoms with Gasteiger partial charge in [0, 0.05) is 0 Å². The average molecular weight is 512 g/mol. The third-order valence-corrected chi connectivity index (χ3v) is 0.0393. The Kier molecular flexibility index (Phi) is 2150. The van der Waals surface area contributed by atoms with Crippen molar-refractivity contribution in [1.29, 1.82) is 0 Å². The van der Waals surface area contributed by atoms with Gasteiger partial charge in [-0.05, 0) is 0 Å². The number of carbonyl (C=O) groups excluding carboxylic acids is 3. The van der Waals surface area contributed by atoms with Crippen molar-refractivity contribution in [3.8, 4) is 0 Å². The summed E-state index contributed by atoms with van der Waals surface area (Å²) in [7, 11) is 0. The van der Waals surface area contributed by atoms with Gasteiger partial charge in [-0.15, -0.1) is 0 Å². The van der Waals surface area contributed by atoms with Crippen LogP contribution in [0.3, 0.4) is 0 Å². The maximum absolute atomic E-state index is 8.64. The van der Waals surface area contributed by atoms with Crippen molar-refractivity contribution in [3.05, 3.63) is 0 Å². The summed E-state index contributed by atoms with van der Waals surface area (Å²) >= 11 is 0. The van der Waals surface area contributed by atoms with E-state index in [2.05, 4.69) is 4.89 Å². The standard InChI is InChI=1S/CH2O3.2CHO2.CO2.2CH4.4Ca.7H2O/c2-1-4-3;3*2-1-3;;;;;;;;;;;;;/h1,3H;2*(H,2,3);;2*1H4;;;;;7*1H2/q;2*-1;;;;4*+2;;;;;;;/p-3. The second-order valence-electron chi connectivity index (χ2n) is 0.458. The molecule has 0 aromatic rings. The van der Waals surface area contributed by atoms with Crippen LogP contribution in [0.5, 0.6) is 0 Å². The van der Waals surface area contributed by atoms with E-state index in [9.17, 15) is 0 Å². The maximum atomic E-state index is 8.64. The molecule has 0 saturated heterocycles. The van der Waals surface area contributed by atoms with Gasteiger partial charge < -0.3 is 68.3 Å². The Morgan fingerprint density at radius 1 is 0.769 bits per heavy atom. The molecule has 0 radical (unpaired) electrons. The smallest absolute Gasteiger partial charge is 0.870 e. The van der Waals surface area contributed by atoms with Gasteiger partial charge in [0.25, 0.3) is 6.47 Å². The third-order valence-electron chi connectivity index (χ3n) is 0.0393. The Morgan fingerprint density at radius 3 is 0.808 bits per heavy atom. The molecule has 0 aliphatic rings. The van der Waals surface area contributed by atoms with Crippen molar-refractivity contribution >= 4 is 177 Å². The molecule has 0 atom stereocenters. The van der Waals surface area contributed by atoms with Gasteiger partial charge in [0.15, 0.2) is 0 Å². The second-order valence-corrected chi connectivity index (χ2v) is 0.458. The molecule has 148 valence electrons. The minimum absolute atomic E-state index is 0. The minimum atomic E-state index is -0.181. The van der Waals surface area contributed by atoms with E-state index in [1.54, 1.807) is 0 Å². The molecule has 0 bridgehead atoms. The van der Waals surface area contributed by atoms with Crippen LogP contribution in [-0.4, -0.2) is 225 Å². The zero-order valence-electron chi connectivity index (χ0n) is 12.1. The fraction of sp³-hybridized carbons (Fsp3) is 0.333. The third kappa shape index (κ3) is 1400. The summed E-state index contributed by atoms with van der Waals surface area (Å²) in [4.78, 5) is 44.0. The molecule has 0 aromatic heterocycles. The van der Waals surface area contributed by atoms with Crippen LogP contribution in [0.25, 0.3) is 0 Å². The van der Waals surface area contributed by atoms with Gasteiger partial charge in [0.1, 0.15) is 0 Å². The van der Waals surface area contributed by atoms with Crippen molar-refractivity contribution < 1.29 is 82.7 Å². The number of hydrogen-bond acceptors (Lipinski definition) is 9. The summed E-state index contributed by atoms with van der Waals surface area (Å²) in [6.07, 6.45) is 0.250. The Bertz CT molecular complexity index is 141. The molecule has 0 rings (SSSR count). The first kappa shape index (κ1) is 163. The molecule has 0 spiro atoms. The predicted molar refractivity (Wildman–Crippen MR) is 87.2 cm³/mol. The van der Waals surface area contributed by atoms with E-state index >= 15 is 0 Å². The Labute approximate surface area is 269 Å². The molecule has 0 fully saturated rings. The van der Waals surface area contributed by atoms with E-state index < -0.39 is 0 Å². The topological polar surface area (TPSA) is 376 Å². The average Bonchev–Trinajstić information content (AvgIpc) is 2.08. The fourth-order valence-corrected chi connectivity index (χ4v) is 0. The summed E-state index contributed by atoms with van der Waals surface area (Å²) in [6.45, 7) is 0.819. The van der Waals surface area contributed by atoms with E-state index in [1.165, 1.54) is 0 Å². The van der Waals surface area contributed by atoms with Gasteiger partial charge in [-0.3, -0.25) is 4.79 Å². The van der Waals surface area contributed by atoms with Crippen LogP contribution in [0.1, 0.15) is 14.9 Å². The summed E-state index contributed by atoms with van der Waals surface area (Å²) < 4.78 is 0. The molecule has 0 aliphatic heterocycles. The molecule has 0 heterocycles. The van der Waals surface area contributed by atoms with E-state index in [0.717, 1.165) is 0 Å². The molecule has 0 amide bonds. The molecule has 0 aliphatic carbocycles. The van der Waals surface area contributed by atoms with Crippen LogP contribution in [0, 0.1) is 0 Å². The number of aliphatic hydroxyl groups excluding tert-OH is 2. The Hall–Kier alpha value is 2.51. The van der Waals surface area contributed by atoms with E-state index in [1.807, 2.05) is 0 Å². The maximum Gasteiger partial charge on any atom is 2.00 e. The minimum Gasteiger partial charge on any atom is -0.870 e. The molecule has 20 heteroatoms. The van der Waals surface area contributed by atoms with Crippen molar-refractivity contribution in [2.45, 2.75) is 14.9 Å². The Morgan fingerprint density at radius 2 is 0.808 bits per heavy atom. The zero-order chi connectivity index (χ0) is 11.5. The largest absolute Gasteiger partial charge is 2.00 e. The Balaban J connectivity index is -0.00000000238. The van der Waals surface area contributed by atoms with E-state index in [4.69, 9.17) is 39.4 Å². The summed E-state index contributed by atoms with van der Waals surface area (Å²) in [6, 6.07) is 0. The molecule has 0 saturated carbocycles. The van der Waals surface area contributed by atoms with Gasteiger partial charge in [0.05, 0.1) is 0 Å². The summed E-state index contributed by atoms with van der Waals surface area (Å²) in [5, 5.41) is 22.0. The van der Waals surface area contributed by atoms with Gasteiger partial charge in [-0.1, -0.05) is 27.8 Å². The van der Waals surface area contributed by atoms with Crippen molar-refractivity contribution in [1.82, 2.24) is 0 Å². The summed E-state index contributed by atoms with van der Waals surface area (Å²) in [5.41, 5.74) is 0. The van der Waals surface area contributed by atoms with Crippen LogP contribution in [-0.2, 0) is 28.9 Å². The molecule has 0 aromatic carbocycles. The first-order valence-electron chi connectivity index (χ1n) is 1.90. The first-order chi connectivity index (χ1) is 6.16. The molecular formula is C6H23Ca4O16+3. The molecule has 26 heavy (non-hydrogen) atoms. The van der Waals surface area contributed by atoms with Gasteiger partial charge in [-0.25, -0.2) is 0 Å². The van der Waals surface area contributed by atoms with Crippen molar-refractivity contribution in [2.24, 2.45) is 0 Å². The van der Waals surface area contributed by atoms with Crippen molar-refractivity contribution in [2.75, 3.05) is 0 Å². The second kappa shape index (κ2) is 343.